The van der Waals surface area contributed by atoms with Crippen LogP contribution in [0.1, 0.15) is 31.2 Å². The summed E-state index contributed by atoms with van der Waals surface area (Å²) in [5, 5.41) is 7.52. The largest absolute Gasteiger partial charge is 0.364 e. The lowest BCUT2D eigenvalue weighted by molar-refractivity contribution is 0.410. The van der Waals surface area contributed by atoms with E-state index in [0.29, 0.717) is 29.6 Å². The second-order valence-electron chi connectivity index (χ2n) is 8.08. The molecule has 9 heteroatoms. The molecule has 1 aliphatic rings. The summed E-state index contributed by atoms with van der Waals surface area (Å²) in [6.45, 7) is 0.541. The summed E-state index contributed by atoms with van der Waals surface area (Å²) < 4.78 is 2.00. The lowest BCUT2D eigenvalue weighted by atomic mass is 9.92. The van der Waals surface area contributed by atoms with Gasteiger partial charge in [0, 0.05) is 42.2 Å². The van der Waals surface area contributed by atoms with Crippen molar-refractivity contribution in [3.63, 3.8) is 0 Å². The number of halogens is 1. The third-order valence-electron chi connectivity index (χ3n) is 5.85. The Bertz CT molecular complexity index is 1220. The molecule has 0 bridgehead atoms. The minimum atomic E-state index is 0.313. The molecular formula is C23H25ClN8. The molecule has 3 heterocycles. The Balaban J connectivity index is 1.37. The molecule has 1 aliphatic carbocycles. The Morgan fingerprint density at radius 3 is 2.72 bits per heavy atom. The van der Waals surface area contributed by atoms with E-state index in [1.165, 1.54) is 0 Å². The lowest BCUT2D eigenvalue weighted by Gasteiger charge is -2.27. The molecule has 0 radical (unpaired) electrons. The first-order chi connectivity index (χ1) is 15.7. The van der Waals surface area contributed by atoms with E-state index in [4.69, 9.17) is 17.3 Å². The van der Waals surface area contributed by atoms with Gasteiger partial charge in [-0.05, 0) is 43.4 Å². The van der Waals surface area contributed by atoms with Crippen molar-refractivity contribution in [2.24, 2.45) is 5.73 Å². The zero-order chi connectivity index (χ0) is 21.9. The molecule has 164 valence electrons. The van der Waals surface area contributed by atoms with E-state index in [9.17, 15) is 0 Å². The molecule has 1 fully saturated rings. The van der Waals surface area contributed by atoms with E-state index >= 15 is 0 Å². The number of hydrogen-bond acceptors (Lipinski definition) is 7. The predicted octanol–water partition coefficient (Wildman–Crippen LogP) is 4.13. The molecule has 0 aliphatic heterocycles. The van der Waals surface area contributed by atoms with Crippen LogP contribution in [0.3, 0.4) is 0 Å². The molecule has 0 saturated heterocycles. The number of nitrogens with zero attached hydrogens (tertiary/aromatic N) is 5. The van der Waals surface area contributed by atoms with Gasteiger partial charge in [0.1, 0.15) is 0 Å². The molecule has 0 spiro atoms. The molecule has 32 heavy (non-hydrogen) atoms. The second-order valence-corrected chi connectivity index (χ2v) is 8.49. The maximum atomic E-state index is 6.25. The zero-order valence-corrected chi connectivity index (χ0v) is 18.3. The fourth-order valence-electron chi connectivity index (χ4n) is 4.07. The van der Waals surface area contributed by atoms with Gasteiger partial charge in [0.05, 0.1) is 17.6 Å². The molecule has 1 aromatic carbocycles. The van der Waals surface area contributed by atoms with Gasteiger partial charge in [-0.25, -0.2) is 19.9 Å². The quantitative estimate of drug-likeness (QED) is 0.407. The Morgan fingerprint density at radius 1 is 1.03 bits per heavy atom. The number of benzene rings is 1. The molecule has 5 rings (SSSR count). The van der Waals surface area contributed by atoms with Crippen molar-refractivity contribution in [3.05, 3.63) is 65.7 Å². The van der Waals surface area contributed by atoms with Gasteiger partial charge in [0.15, 0.2) is 11.5 Å². The number of imidazole rings is 1. The molecule has 4 aromatic rings. The Labute approximate surface area is 191 Å². The van der Waals surface area contributed by atoms with Crippen LogP contribution >= 0.6 is 11.6 Å². The van der Waals surface area contributed by atoms with Crippen LogP contribution in [0.25, 0.3) is 17.0 Å². The molecule has 3 aromatic heterocycles. The van der Waals surface area contributed by atoms with Gasteiger partial charge in [-0.3, -0.25) is 4.40 Å². The fourth-order valence-corrected chi connectivity index (χ4v) is 4.27. The minimum Gasteiger partial charge on any atom is -0.364 e. The Hall–Kier alpha value is -3.23. The van der Waals surface area contributed by atoms with Gasteiger partial charge < -0.3 is 16.4 Å². The van der Waals surface area contributed by atoms with Crippen molar-refractivity contribution in [2.45, 2.75) is 44.3 Å². The number of anilines is 2. The van der Waals surface area contributed by atoms with Crippen molar-refractivity contribution in [1.29, 1.82) is 0 Å². The van der Waals surface area contributed by atoms with E-state index in [2.05, 4.69) is 30.6 Å². The van der Waals surface area contributed by atoms with E-state index in [0.717, 1.165) is 54.1 Å². The monoisotopic (exact) mass is 448 g/mol. The predicted molar refractivity (Wildman–Crippen MR) is 127 cm³/mol. The summed E-state index contributed by atoms with van der Waals surface area (Å²) in [6, 6.07) is 10.3. The van der Waals surface area contributed by atoms with Crippen molar-refractivity contribution < 1.29 is 0 Å². The molecule has 1 saturated carbocycles. The average Bonchev–Trinajstić information content (AvgIpc) is 3.26. The van der Waals surface area contributed by atoms with Crippen LogP contribution in [0, 0.1) is 0 Å². The summed E-state index contributed by atoms with van der Waals surface area (Å²) in [5.41, 5.74) is 9.46. The van der Waals surface area contributed by atoms with Gasteiger partial charge in [-0.2, -0.15) is 0 Å². The molecule has 0 amide bonds. The first kappa shape index (κ1) is 20.7. The smallest absolute Gasteiger partial charge is 0.223 e. The van der Waals surface area contributed by atoms with Crippen LogP contribution in [0.15, 0.2) is 55.1 Å². The van der Waals surface area contributed by atoms with E-state index in [1.54, 1.807) is 12.4 Å². The molecule has 4 N–H and O–H groups in total. The number of aromatic nitrogens is 5. The van der Waals surface area contributed by atoms with Gasteiger partial charge in [-0.1, -0.05) is 29.8 Å². The summed E-state index contributed by atoms with van der Waals surface area (Å²) in [6.07, 6.45) is 11.4. The Kier molecular flexibility index (Phi) is 5.87. The average molecular weight is 449 g/mol. The van der Waals surface area contributed by atoms with Crippen LogP contribution < -0.4 is 16.4 Å². The SMILES string of the molecule is N[C@H]1CC[C@H](Nc2nccn3c(-c4ccnc(NCc5ccccc5Cl)n4)cnc23)CC1. The topological polar surface area (TPSA) is 106 Å². The van der Waals surface area contributed by atoms with E-state index in [-0.39, 0.29) is 0 Å². The summed E-state index contributed by atoms with van der Waals surface area (Å²) in [7, 11) is 0. The number of nitrogens with one attached hydrogen (secondary N) is 2. The molecule has 8 nitrogen and oxygen atoms in total. The lowest BCUT2D eigenvalue weighted by Crippen LogP contribution is -2.33. The van der Waals surface area contributed by atoms with Crippen molar-refractivity contribution in [2.75, 3.05) is 10.6 Å². The maximum Gasteiger partial charge on any atom is 0.223 e. The highest BCUT2D eigenvalue weighted by atomic mass is 35.5. The third kappa shape index (κ3) is 4.37. The van der Waals surface area contributed by atoms with E-state index in [1.807, 2.05) is 47.1 Å². The van der Waals surface area contributed by atoms with Gasteiger partial charge in [0.2, 0.25) is 5.95 Å². The van der Waals surface area contributed by atoms with Gasteiger partial charge in [-0.15, -0.1) is 0 Å². The highest BCUT2D eigenvalue weighted by Gasteiger charge is 2.20. The summed E-state index contributed by atoms with van der Waals surface area (Å²) in [5.74, 6) is 1.31. The van der Waals surface area contributed by atoms with Crippen LogP contribution in [-0.4, -0.2) is 36.4 Å². The number of rotatable bonds is 6. The summed E-state index contributed by atoms with van der Waals surface area (Å²) >= 11 is 6.25. The number of nitrogens with two attached hydrogens (primary N) is 1. The normalized spacial score (nSPS) is 18.6. The van der Waals surface area contributed by atoms with Crippen LogP contribution in [0.5, 0.6) is 0 Å². The van der Waals surface area contributed by atoms with Crippen LogP contribution in [-0.2, 0) is 6.54 Å². The van der Waals surface area contributed by atoms with Gasteiger partial charge >= 0.3 is 0 Å². The van der Waals surface area contributed by atoms with Crippen molar-refractivity contribution >= 4 is 29.0 Å². The minimum absolute atomic E-state index is 0.313. The van der Waals surface area contributed by atoms with Crippen molar-refractivity contribution in [1.82, 2.24) is 24.3 Å². The van der Waals surface area contributed by atoms with E-state index < -0.39 is 0 Å². The standard InChI is InChI=1S/C23H25ClN8/c24-18-4-2-1-3-15(18)13-29-23-27-10-9-19(31-23)20-14-28-22-21(26-11-12-32(20)22)30-17-7-5-16(25)6-8-17/h1-4,9-12,14,16-17H,5-8,13,25H2,(H,26,30)(H,27,29,31)/t16-,17-. The maximum absolute atomic E-state index is 6.25. The Morgan fingerprint density at radius 2 is 1.88 bits per heavy atom. The third-order valence-corrected chi connectivity index (χ3v) is 6.22. The second kappa shape index (κ2) is 9.10. The molecule has 0 atom stereocenters. The summed E-state index contributed by atoms with van der Waals surface area (Å²) in [4.78, 5) is 18.2. The number of hydrogen-bond donors (Lipinski definition) is 3. The highest BCUT2D eigenvalue weighted by molar-refractivity contribution is 6.31. The fraction of sp³-hybridized carbons (Fsp3) is 0.304. The zero-order valence-electron chi connectivity index (χ0n) is 17.6. The van der Waals surface area contributed by atoms with Crippen LogP contribution in [0.2, 0.25) is 5.02 Å². The highest BCUT2D eigenvalue weighted by Crippen LogP contribution is 2.26. The first-order valence-corrected chi connectivity index (χ1v) is 11.2. The molecular weight excluding hydrogens is 424 g/mol. The van der Waals surface area contributed by atoms with Crippen molar-refractivity contribution in [3.8, 4) is 11.4 Å². The van der Waals surface area contributed by atoms with Crippen LogP contribution in [0.4, 0.5) is 11.8 Å². The molecule has 0 unspecified atom stereocenters. The van der Waals surface area contributed by atoms with Gasteiger partial charge in [0.25, 0.3) is 0 Å². The first-order valence-electron chi connectivity index (χ1n) is 10.8. The number of fused-ring (bicyclic) bond motifs is 1.